The van der Waals surface area contributed by atoms with Gasteiger partial charge in [-0.05, 0) is 91.9 Å². The van der Waals surface area contributed by atoms with Crippen LogP contribution in [0.25, 0.3) is 11.1 Å². The SMILES string of the molecule is O=C(C1=C[C@H](c2cccc3c2Cc2ccccc2-3)C[C@H](OCCCCO)O1)N1CCC(N2CCCCC2)CC1. The maximum absolute atomic E-state index is 13.8. The molecule has 0 saturated carbocycles. The molecule has 2 atom stereocenters. The summed E-state index contributed by atoms with van der Waals surface area (Å²) in [5.74, 6) is 0.482. The minimum Gasteiger partial charge on any atom is -0.459 e. The molecule has 0 aromatic heterocycles. The van der Waals surface area contributed by atoms with Crippen molar-refractivity contribution in [3.05, 3.63) is 71.0 Å². The van der Waals surface area contributed by atoms with Gasteiger partial charge in [0.2, 0.25) is 6.29 Å². The van der Waals surface area contributed by atoms with Crippen LogP contribution in [0.15, 0.2) is 54.3 Å². The molecule has 39 heavy (non-hydrogen) atoms. The van der Waals surface area contributed by atoms with Crippen molar-refractivity contribution < 1.29 is 19.4 Å². The predicted octanol–water partition coefficient (Wildman–Crippen LogP) is 5.24. The highest BCUT2D eigenvalue weighted by atomic mass is 16.7. The van der Waals surface area contributed by atoms with Crippen LogP contribution in [-0.4, -0.2) is 72.5 Å². The molecule has 6 rings (SSSR count). The third-order valence-corrected chi connectivity index (χ3v) is 9.07. The normalized spacial score (nSPS) is 23.6. The summed E-state index contributed by atoms with van der Waals surface area (Å²) in [5, 5.41) is 9.17. The Kier molecular flexibility index (Phi) is 8.33. The molecule has 0 spiro atoms. The van der Waals surface area contributed by atoms with E-state index in [2.05, 4.69) is 53.4 Å². The Bertz CT molecular complexity index is 1180. The van der Waals surface area contributed by atoms with Crippen molar-refractivity contribution in [2.24, 2.45) is 0 Å². The highest BCUT2D eigenvalue weighted by molar-refractivity contribution is 5.92. The Morgan fingerprint density at radius 2 is 1.74 bits per heavy atom. The van der Waals surface area contributed by atoms with Crippen LogP contribution >= 0.6 is 0 Å². The van der Waals surface area contributed by atoms with E-state index in [9.17, 15) is 4.79 Å². The number of allylic oxidation sites excluding steroid dienone is 1. The summed E-state index contributed by atoms with van der Waals surface area (Å²) < 4.78 is 12.4. The van der Waals surface area contributed by atoms with Crippen LogP contribution in [0.2, 0.25) is 0 Å². The van der Waals surface area contributed by atoms with E-state index in [-0.39, 0.29) is 18.4 Å². The molecule has 2 aromatic rings. The quantitative estimate of drug-likeness (QED) is 0.404. The first-order valence-electron chi connectivity index (χ1n) is 15.1. The lowest BCUT2D eigenvalue weighted by molar-refractivity contribution is -0.153. The van der Waals surface area contributed by atoms with Crippen molar-refractivity contribution in [3.8, 4) is 11.1 Å². The molecule has 0 radical (unpaired) electrons. The fraction of sp³-hybridized carbons (Fsp3) is 0.545. The van der Waals surface area contributed by atoms with Crippen LogP contribution in [0, 0.1) is 0 Å². The summed E-state index contributed by atoms with van der Waals surface area (Å²) >= 11 is 0. The maximum Gasteiger partial charge on any atom is 0.288 e. The number of carbonyl (C=O) groups is 1. The first-order chi connectivity index (χ1) is 19.2. The lowest BCUT2D eigenvalue weighted by atomic mass is 9.87. The van der Waals surface area contributed by atoms with Gasteiger partial charge in [-0.3, -0.25) is 4.79 Å². The molecule has 0 unspecified atom stereocenters. The lowest BCUT2D eigenvalue weighted by Crippen LogP contribution is -2.49. The molecule has 3 aliphatic heterocycles. The van der Waals surface area contributed by atoms with Gasteiger partial charge in [-0.2, -0.15) is 0 Å². The van der Waals surface area contributed by atoms with Crippen LogP contribution in [0.5, 0.6) is 0 Å². The van der Waals surface area contributed by atoms with Crippen molar-refractivity contribution >= 4 is 5.91 Å². The van der Waals surface area contributed by atoms with Gasteiger partial charge in [0.25, 0.3) is 5.91 Å². The molecule has 1 N–H and O–H groups in total. The molecule has 3 heterocycles. The summed E-state index contributed by atoms with van der Waals surface area (Å²) in [4.78, 5) is 18.4. The van der Waals surface area contributed by atoms with Gasteiger partial charge in [0, 0.05) is 38.1 Å². The number of benzene rings is 2. The number of likely N-dealkylation sites (tertiary alicyclic amines) is 2. The van der Waals surface area contributed by atoms with Crippen molar-refractivity contribution in [3.63, 3.8) is 0 Å². The molecule has 208 valence electrons. The maximum atomic E-state index is 13.8. The zero-order chi connectivity index (χ0) is 26.6. The van der Waals surface area contributed by atoms with Crippen LogP contribution in [-0.2, 0) is 20.7 Å². The molecule has 0 bridgehead atoms. The minimum atomic E-state index is -0.469. The molecule has 2 saturated heterocycles. The van der Waals surface area contributed by atoms with Crippen molar-refractivity contribution in [1.82, 2.24) is 9.80 Å². The number of aliphatic hydroxyl groups is 1. The number of aliphatic hydroxyl groups excluding tert-OH is 1. The van der Waals surface area contributed by atoms with Crippen molar-refractivity contribution in [2.45, 2.75) is 76.0 Å². The summed E-state index contributed by atoms with van der Waals surface area (Å²) in [6.45, 7) is 4.64. The molecule has 6 heteroatoms. The topological polar surface area (TPSA) is 62.2 Å². The second-order valence-electron chi connectivity index (χ2n) is 11.5. The Morgan fingerprint density at radius 3 is 2.56 bits per heavy atom. The number of piperidine rings is 2. The highest BCUT2D eigenvalue weighted by Gasteiger charge is 2.35. The van der Waals surface area contributed by atoms with Gasteiger partial charge < -0.3 is 24.4 Å². The first kappa shape index (κ1) is 26.5. The van der Waals surface area contributed by atoms with Crippen molar-refractivity contribution in [2.75, 3.05) is 39.4 Å². The first-order valence-corrected chi connectivity index (χ1v) is 15.1. The zero-order valence-corrected chi connectivity index (χ0v) is 23.0. The fourth-order valence-corrected chi connectivity index (χ4v) is 6.96. The minimum absolute atomic E-state index is 0.00313. The van der Waals surface area contributed by atoms with E-state index in [4.69, 9.17) is 14.6 Å². The van der Waals surface area contributed by atoms with Gasteiger partial charge >= 0.3 is 0 Å². The summed E-state index contributed by atoms with van der Waals surface area (Å²) in [5.41, 5.74) is 6.60. The fourth-order valence-electron chi connectivity index (χ4n) is 6.96. The number of unbranched alkanes of at least 4 members (excludes halogenated alkanes) is 1. The number of fused-ring (bicyclic) bond motifs is 3. The summed E-state index contributed by atoms with van der Waals surface area (Å²) in [6, 6.07) is 15.8. The summed E-state index contributed by atoms with van der Waals surface area (Å²) in [7, 11) is 0. The standard InChI is InChI=1S/C33H42N2O4/c36-19-6-7-20-38-32-23-25(28-11-8-12-29-27-10-3-2-9-24(27)21-30(28)29)22-31(39-32)33(37)35-17-13-26(14-18-35)34-15-4-1-5-16-34/h2-3,8-12,22,25-26,32,36H,1,4-7,13-21,23H2/t25-,32+/m0/s1. The van der Waals surface area contributed by atoms with E-state index < -0.39 is 6.29 Å². The summed E-state index contributed by atoms with van der Waals surface area (Å²) in [6.07, 6.45) is 10.7. The number of ether oxygens (including phenoxy) is 2. The van der Waals surface area contributed by atoms with E-state index >= 15 is 0 Å². The molecule has 6 nitrogen and oxygen atoms in total. The lowest BCUT2D eigenvalue weighted by Gasteiger charge is -2.40. The molecule has 2 aromatic carbocycles. The number of nitrogens with zero attached hydrogens (tertiary/aromatic N) is 2. The van der Waals surface area contributed by atoms with Gasteiger partial charge in [0.15, 0.2) is 5.76 Å². The predicted molar refractivity (Wildman–Crippen MR) is 152 cm³/mol. The van der Waals surface area contributed by atoms with Crippen LogP contribution < -0.4 is 0 Å². The van der Waals surface area contributed by atoms with Crippen LogP contribution in [0.1, 0.15) is 74.0 Å². The molecule has 4 aliphatic rings. The van der Waals surface area contributed by atoms with Gasteiger partial charge in [0.1, 0.15) is 0 Å². The van der Waals surface area contributed by atoms with Gasteiger partial charge in [-0.15, -0.1) is 0 Å². The molecule has 2 fully saturated rings. The molecular weight excluding hydrogens is 488 g/mol. The van der Waals surface area contributed by atoms with Gasteiger partial charge in [0.05, 0.1) is 6.61 Å². The molecule has 1 aliphatic carbocycles. The Hall–Kier alpha value is -2.67. The van der Waals surface area contributed by atoms with Crippen LogP contribution in [0.4, 0.5) is 0 Å². The second kappa shape index (κ2) is 12.2. The van der Waals surface area contributed by atoms with E-state index in [1.807, 2.05) is 4.90 Å². The van der Waals surface area contributed by atoms with E-state index in [0.29, 0.717) is 31.2 Å². The Morgan fingerprint density at radius 1 is 0.949 bits per heavy atom. The Labute approximate surface area is 232 Å². The number of rotatable bonds is 8. The smallest absolute Gasteiger partial charge is 0.288 e. The average Bonchev–Trinajstić information content (AvgIpc) is 3.38. The zero-order valence-electron chi connectivity index (χ0n) is 23.0. The second-order valence-corrected chi connectivity index (χ2v) is 11.5. The average molecular weight is 531 g/mol. The number of hydrogen-bond acceptors (Lipinski definition) is 5. The molecule has 1 amide bonds. The monoisotopic (exact) mass is 530 g/mol. The largest absolute Gasteiger partial charge is 0.459 e. The van der Waals surface area contributed by atoms with E-state index in [1.54, 1.807) is 0 Å². The number of amides is 1. The van der Waals surface area contributed by atoms with E-state index in [0.717, 1.165) is 38.8 Å². The van der Waals surface area contributed by atoms with Crippen LogP contribution in [0.3, 0.4) is 0 Å². The third-order valence-electron chi connectivity index (χ3n) is 9.07. The van der Waals surface area contributed by atoms with Gasteiger partial charge in [-0.25, -0.2) is 0 Å². The third kappa shape index (κ3) is 5.79. The Balaban J connectivity index is 1.20. The molecular formula is C33H42N2O4. The number of hydrogen-bond donors (Lipinski definition) is 1. The van der Waals surface area contributed by atoms with E-state index in [1.165, 1.54) is 60.2 Å². The highest BCUT2D eigenvalue weighted by Crippen LogP contribution is 2.43. The van der Waals surface area contributed by atoms with Gasteiger partial charge in [-0.1, -0.05) is 48.9 Å². The number of carbonyl (C=O) groups excluding carboxylic acids is 1. The van der Waals surface area contributed by atoms with Crippen molar-refractivity contribution in [1.29, 1.82) is 0 Å².